The number of nitrogens with one attached hydrogen (secondary N) is 1. The summed E-state index contributed by atoms with van der Waals surface area (Å²) in [5.74, 6) is 1.04. The molecule has 0 aliphatic heterocycles. The van der Waals surface area contributed by atoms with Gasteiger partial charge >= 0.3 is 10.5 Å². The summed E-state index contributed by atoms with van der Waals surface area (Å²) in [5.41, 5.74) is 5.90. The van der Waals surface area contributed by atoms with E-state index >= 15 is 0 Å². The Morgan fingerprint density at radius 3 is 2.22 bits per heavy atom. The number of benzene rings is 1. The Kier molecular flexibility index (Phi) is 6.06. The van der Waals surface area contributed by atoms with Gasteiger partial charge in [0.2, 0.25) is 0 Å². The average Bonchev–Trinajstić information content (AvgIpc) is 2.25. The molecule has 9 heteroatoms. The topological polar surface area (TPSA) is 123 Å². The number of methoxy groups -OCH3 is 2. The largest absolute Gasteiger partial charge is 0.493 e. The second kappa shape index (κ2) is 6.77. The van der Waals surface area contributed by atoms with Crippen molar-refractivity contribution in [2.45, 2.75) is 0 Å². The molecular weight excluding hydrogens is 267 g/mol. The quantitative estimate of drug-likeness (QED) is 0.325. The number of hydrogen-bond acceptors (Lipinski definition) is 5. The van der Waals surface area contributed by atoms with Crippen LogP contribution >= 0.6 is 0 Å². The molecule has 4 N–H and O–H groups in total. The molecule has 0 saturated heterocycles. The smallest absolute Gasteiger partial charge is 0.435 e. The van der Waals surface area contributed by atoms with Gasteiger partial charge in [0.25, 0.3) is 0 Å². The number of nitrogens with two attached hydrogens (primary N) is 1. The molecule has 0 bridgehead atoms. The second-order valence-electron chi connectivity index (χ2n) is 2.87. The fourth-order valence-electron chi connectivity index (χ4n) is 1.10. The van der Waals surface area contributed by atoms with E-state index in [4.69, 9.17) is 33.6 Å². The maximum Gasteiger partial charge on any atom is 0.435 e. The van der Waals surface area contributed by atoms with Gasteiger partial charge in [-0.3, -0.25) is 9.96 Å². The number of para-hydroxylation sites is 1. The molecule has 1 aromatic carbocycles. The van der Waals surface area contributed by atoms with Crippen molar-refractivity contribution >= 4 is 16.3 Å². The molecule has 0 aromatic heterocycles. The zero-order valence-electron chi connectivity index (χ0n) is 9.68. The second-order valence-corrected chi connectivity index (χ2v) is 3.69. The first-order chi connectivity index (χ1) is 8.20. The Morgan fingerprint density at radius 2 is 1.89 bits per heavy atom. The van der Waals surface area contributed by atoms with E-state index in [1.54, 1.807) is 25.3 Å². The molecular formula is C9H13FN2O5S. The molecule has 1 rings (SSSR count). The summed E-state index contributed by atoms with van der Waals surface area (Å²) in [7, 11) is -2.11. The lowest BCUT2D eigenvalue weighted by Crippen LogP contribution is -2.12. The molecule has 0 aliphatic carbocycles. The molecule has 7 nitrogen and oxygen atoms in total. The van der Waals surface area contributed by atoms with Gasteiger partial charge in [-0.15, -0.1) is 0 Å². The number of halogens is 1. The van der Waals surface area contributed by atoms with Crippen LogP contribution in [0.1, 0.15) is 5.56 Å². The summed E-state index contributed by atoms with van der Waals surface area (Å²) in [6.07, 6.45) is 0. The lowest BCUT2D eigenvalue weighted by atomic mass is 10.1. The Bertz CT molecular complexity index is 510. The minimum atomic E-state index is -5.17. The van der Waals surface area contributed by atoms with Gasteiger partial charge in [-0.05, 0) is 12.1 Å². The van der Waals surface area contributed by atoms with Gasteiger partial charge in [0.1, 0.15) is 5.84 Å². The highest BCUT2D eigenvalue weighted by Crippen LogP contribution is 2.29. The summed E-state index contributed by atoms with van der Waals surface area (Å²) >= 11 is 0. The van der Waals surface area contributed by atoms with Gasteiger partial charge in [-0.25, -0.2) is 0 Å². The van der Waals surface area contributed by atoms with Crippen molar-refractivity contribution in [2.75, 3.05) is 14.2 Å². The van der Waals surface area contributed by atoms with Crippen LogP contribution in [0, 0.1) is 5.41 Å². The predicted molar refractivity (Wildman–Crippen MR) is 63.2 cm³/mol. The van der Waals surface area contributed by atoms with Crippen molar-refractivity contribution in [2.24, 2.45) is 5.73 Å². The first kappa shape index (κ1) is 16.1. The SMILES string of the molecule is COc1cccc(C(=N)N)c1OC.O=S(=O)(O)F. The first-order valence-corrected chi connectivity index (χ1v) is 5.77. The molecule has 0 saturated carbocycles. The van der Waals surface area contributed by atoms with Crippen LogP contribution in [-0.4, -0.2) is 33.0 Å². The van der Waals surface area contributed by atoms with Crippen LogP contribution in [0.4, 0.5) is 3.89 Å². The van der Waals surface area contributed by atoms with Crippen LogP contribution in [-0.2, 0) is 10.5 Å². The number of amidine groups is 1. The molecule has 18 heavy (non-hydrogen) atoms. The Hall–Kier alpha value is -1.87. The minimum absolute atomic E-state index is 0.0317. The van der Waals surface area contributed by atoms with Crippen molar-refractivity contribution in [3.8, 4) is 11.5 Å². The standard InChI is InChI=1S/C9H12N2O2.FHO3S/c1-12-7-5-3-4-6(9(10)11)8(7)13-2;1-5(2,3)4/h3-5H,1-2H3,(H3,10,11);(H,2,3,4). The van der Waals surface area contributed by atoms with Crippen LogP contribution in [0.2, 0.25) is 0 Å². The summed E-state index contributed by atoms with van der Waals surface area (Å²) in [6.45, 7) is 0. The summed E-state index contributed by atoms with van der Waals surface area (Å²) in [4.78, 5) is 0. The van der Waals surface area contributed by atoms with E-state index in [1.165, 1.54) is 7.11 Å². The van der Waals surface area contributed by atoms with Gasteiger partial charge < -0.3 is 15.2 Å². The molecule has 0 atom stereocenters. The van der Waals surface area contributed by atoms with Gasteiger partial charge in [0.05, 0.1) is 19.8 Å². The Morgan fingerprint density at radius 1 is 1.39 bits per heavy atom. The Labute approximate surface area is 104 Å². The lowest BCUT2D eigenvalue weighted by molar-refractivity contribution is 0.354. The number of nitrogen functional groups attached to an aromatic ring is 1. The van der Waals surface area contributed by atoms with Crippen LogP contribution in [0.5, 0.6) is 11.5 Å². The van der Waals surface area contributed by atoms with Crippen molar-refractivity contribution in [1.82, 2.24) is 0 Å². The summed E-state index contributed by atoms with van der Waals surface area (Å²) < 4.78 is 44.2. The molecule has 0 radical (unpaired) electrons. The zero-order valence-corrected chi connectivity index (χ0v) is 10.5. The fourth-order valence-corrected chi connectivity index (χ4v) is 1.10. The molecule has 0 unspecified atom stereocenters. The van der Waals surface area contributed by atoms with E-state index in [0.717, 1.165) is 0 Å². The maximum atomic E-state index is 10.2. The molecule has 0 amide bonds. The minimum Gasteiger partial charge on any atom is -0.493 e. The van der Waals surface area contributed by atoms with E-state index in [-0.39, 0.29) is 5.84 Å². The van der Waals surface area contributed by atoms with Crippen molar-refractivity contribution in [3.05, 3.63) is 23.8 Å². The third-order valence-corrected chi connectivity index (χ3v) is 1.69. The number of hydrogen-bond donors (Lipinski definition) is 3. The van der Waals surface area contributed by atoms with Gasteiger partial charge in [0.15, 0.2) is 11.5 Å². The lowest BCUT2D eigenvalue weighted by Gasteiger charge is -2.10. The van der Waals surface area contributed by atoms with Crippen LogP contribution in [0.3, 0.4) is 0 Å². The van der Waals surface area contributed by atoms with E-state index < -0.39 is 10.5 Å². The molecule has 0 aliphatic rings. The number of ether oxygens (including phenoxy) is 2. The highest BCUT2D eigenvalue weighted by molar-refractivity contribution is 7.80. The molecule has 0 fully saturated rings. The summed E-state index contributed by atoms with van der Waals surface area (Å²) in [6, 6.07) is 5.23. The highest BCUT2D eigenvalue weighted by atomic mass is 32.3. The van der Waals surface area contributed by atoms with Gasteiger partial charge in [-0.2, -0.15) is 8.42 Å². The number of rotatable bonds is 3. The van der Waals surface area contributed by atoms with Crippen LogP contribution < -0.4 is 15.2 Å². The summed E-state index contributed by atoms with van der Waals surface area (Å²) in [5, 5.41) is 7.29. The molecule has 102 valence electrons. The van der Waals surface area contributed by atoms with Crippen molar-refractivity contribution in [3.63, 3.8) is 0 Å². The zero-order chi connectivity index (χ0) is 14.3. The van der Waals surface area contributed by atoms with Crippen molar-refractivity contribution in [1.29, 1.82) is 5.41 Å². The predicted octanol–water partition coefficient (Wildman–Crippen LogP) is 0.747. The van der Waals surface area contributed by atoms with E-state index in [1.807, 2.05) is 0 Å². The third kappa shape index (κ3) is 6.01. The Balaban J connectivity index is 0.000000494. The van der Waals surface area contributed by atoms with Gasteiger partial charge in [0, 0.05) is 0 Å². The highest BCUT2D eigenvalue weighted by Gasteiger charge is 2.10. The fraction of sp³-hybridized carbons (Fsp3) is 0.222. The van der Waals surface area contributed by atoms with Crippen molar-refractivity contribution < 1.29 is 26.3 Å². The maximum absolute atomic E-state index is 10.2. The molecule has 1 aromatic rings. The van der Waals surface area contributed by atoms with E-state index in [0.29, 0.717) is 17.1 Å². The molecule has 0 heterocycles. The average molecular weight is 280 g/mol. The van der Waals surface area contributed by atoms with E-state index in [2.05, 4.69) is 0 Å². The van der Waals surface area contributed by atoms with Gasteiger partial charge in [-0.1, -0.05) is 9.95 Å². The molecule has 0 spiro atoms. The van der Waals surface area contributed by atoms with E-state index in [9.17, 15) is 3.89 Å². The van der Waals surface area contributed by atoms with Crippen LogP contribution in [0.15, 0.2) is 18.2 Å². The monoisotopic (exact) mass is 280 g/mol. The normalized spacial score (nSPS) is 10.0. The van der Waals surface area contributed by atoms with Crippen LogP contribution in [0.25, 0.3) is 0 Å². The first-order valence-electron chi connectivity index (χ1n) is 4.43. The third-order valence-electron chi connectivity index (χ3n) is 1.69.